The van der Waals surface area contributed by atoms with Crippen molar-refractivity contribution in [2.75, 3.05) is 25.9 Å². The van der Waals surface area contributed by atoms with Crippen molar-refractivity contribution in [3.05, 3.63) is 30.1 Å². The van der Waals surface area contributed by atoms with E-state index in [4.69, 9.17) is 0 Å². The molecule has 0 amide bonds. The molecule has 1 heterocycles. The van der Waals surface area contributed by atoms with Crippen molar-refractivity contribution in [2.24, 2.45) is 0 Å². The van der Waals surface area contributed by atoms with Crippen LogP contribution in [0.4, 0.5) is 0 Å². The van der Waals surface area contributed by atoms with Gasteiger partial charge in [0.25, 0.3) is 0 Å². The summed E-state index contributed by atoms with van der Waals surface area (Å²) in [5.41, 5.74) is 1.13. The summed E-state index contributed by atoms with van der Waals surface area (Å²) in [4.78, 5) is 4.03. The van der Waals surface area contributed by atoms with Crippen LogP contribution in [-0.2, 0) is 16.6 Å². The second kappa shape index (κ2) is 7.45. The Morgan fingerprint density at radius 1 is 1.44 bits per heavy atom. The molecule has 0 fully saturated rings. The average molecular weight is 271 g/mol. The number of aromatic nitrogens is 1. The molecule has 0 unspecified atom stereocenters. The summed E-state index contributed by atoms with van der Waals surface area (Å²) < 4.78 is 24.2. The van der Waals surface area contributed by atoms with Gasteiger partial charge in [-0.25, -0.2) is 12.7 Å². The van der Waals surface area contributed by atoms with Crippen molar-refractivity contribution in [3.63, 3.8) is 0 Å². The Labute approximate surface area is 109 Å². The molecule has 1 aromatic rings. The van der Waals surface area contributed by atoms with Gasteiger partial charge in [0.15, 0.2) is 0 Å². The summed E-state index contributed by atoms with van der Waals surface area (Å²) in [6.45, 7) is 4.50. The topological polar surface area (TPSA) is 62.3 Å². The minimum Gasteiger partial charge on any atom is -0.313 e. The zero-order chi connectivity index (χ0) is 13.4. The lowest BCUT2D eigenvalue weighted by Gasteiger charge is -2.17. The fraction of sp³-hybridized carbons (Fsp3) is 0.583. The molecule has 102 valence electrons. The number of hydrogen-bond acceptors (Lipinski definition) is 4. The summed E-state index contributed by atoms with van der Waals surface area (Å²) in [5.74, 6) is 0. The largest absolute Gasteiger partial charge is 0.313 e. The van der Waals surface area contributed by atoms with Crippen LogP contribution in [0.25, 0.3) is 0 Å². The van der Waals surface area contributed by atoms with Crippen LogP contribution in [0.15, 0.2) is 24.5 Å². The molecule has 5 nitrogen and oxygen atoms in total. The summed E-state index contributed by atoms with van der Waals surface area (Å²) in [5, 5.41) is 3.27. The SMILES string of the molecule is CCN(CCCNCc1cccnc1)S(C)(=O)=O. The third kappa shape index (κ3) is 5.57. The van der Waals surface area contributed by atoms with Crippen LogP contribution in [0.3, 0.4) is 0 Å². The van der Waals surface area contributed by atoms with E-state index in [0.29, 0.717) is 13.1 Å². The molecule has 6 heteroatoms. The van der Waals surface area contributed by atoms with Crippen LogP contribution < -0.4 is 5.32 Å². The fourth-order valence-electron chi connectivity index (χ4n) is 1.67. The molecular formula is C12H21N3O2S. The molecule has 0 saturated carbocycles. The molecule has 1 aromatic heterocycles. The van der Waals surface area contributed by atoms with E-state index in [1.165, 1.54) is 10.6 Å². The Morgan fingerprint density at radius 2 is 2.22 bits per heavy atom. The first-order valence-corrected chi connectivity index (χ1v) is 7.93. The number of nitrogens with zero attached hydrogens (tertiary/aromatic N) is 2. The van der Waals surface area contributed by atoms with Gasteiger partial charge in [0.1, 0.15) is 0 Å². The minimum atomic E-state index is -3.06. The Hall–Kier alpha value is -0.980. The van der Waals surface area contributed by atoms with Crippen LogP contribution in [-0.4, -0.2) is 43.6 Å². The molecule has 0 aromatic carbocycles. The monoisotopic (exact) mass is 271 g/mol. The van der Waals surface area contributed by atoms with E-state index < -0.39 is 10.0 Å². The van der Waals surface area contributed by atoms with Gasteiger partial charge in [-0.3, -0.25) is 4.98 Å². The smallest absolute Gasteiger partial charge is 0.211 e. The van der Waals surface area contributed by atoms with Gasteiger partial charge in [-0.1, -0.05) is 13.0 Å². The van der Waals surface area contributed by atoms with E-state index in [9.17, 15) is 8.42 Å². The predicted molar refractivity (Wildman–Crippen MR) is 72.7 cm³/mol. The second-order valence-corrected chi connectivity index (χ2v) is 6.13. The first-order valence-electron chi connectivity index (χ1n) is 6.08. The van der Waals surface area contributed by atoms with E-state index >= 15 is 0 Å². The third-order valence-corrected chi connectivity index (χ3v) is 4.01. The number of rotatable bonds is 8. The quantitative estimate of drug-likeness (QED) is 0.712. The molecule has 0 radical (unpaired) electrons. The average Bonchev–Trinajstić information content (AvgIpc) is 2.33. The van der Waals surface area contributed by atoms with Gasteiger partial charge >= 0.3 is 0 Å². The number of pyridine rings is 1. The molecule has 0 spiro atoms. The molecule has 0 saturated heterocycles. The van der Waals surface area contributed by atoms with E-state index in [1.54, 1.807) is 6.20 Å². The molecule has 0 aliphatic heterocycles. The maximum atomic E-state index is 11.3. The normalized spacial score (nSPS) is 11.9. The Balaban J connectivity index is 2.19. The molecule has 0 atom stereocenters. The van der Waals surface area contributed by atoms with Gasteiger partial charge in [-0.2, -0.15) is 0 Å². The Morgan fingerprint density at radius 3 is 2.78 bits per heavy atom. The van der Waals surface area contributed by atoms with Gasteiger partial charge in [0.2, 0.25) is 10.0 Å². The van der Waals surface area contributed by atoms with Gasteiger partial charge in [0, 0.05) is 32.0 Å². The van der Waals surface area contributed by atoms with E-state index in [-0.39, 0.29) is 0 Å². The van der Waals surface area contributed by atoms with Crippen molar-refractivity contribution in [1.29, 1.82) is 0 Å². The summed E-state index contributed by atoms with van der Waals surface area (Å²) in [6, 6.07) is 3.91. The number of hydrogen-bond donors (Lipinski definition) is 1. The Bertz CT molecular complexity index is 434. The van der Waals surface area contributed by atoms with Crippen molar-refractivity contribution in [3.8, 4) is 0 Å². The molecular weight excluding hydrogens is 250 g/mol. The molecule has 0 aliphatic carbocycles. The van der Waals surface area contributed by atoms with Crippen LogP contribution in [0.1, 0.15) is 18.9 Å². The maximum absolute atomic E-state index is 11.3. The highest BCUT2D eigenvalue weighted by Gasteiger charge is 2.12. The first-order chi connectivity index (χ1) is 8.54. The highest BCUT2D eigenvalue weighted by Crippen LogP contribution is 1.99. The fourth-order valence-corrected chi connectivity index (χ4v) is 2.60. The summed E-state index contributed by atoms with van der Waals surface area (Å²) in [7, 11) is -3.06. The van der Waals surface area contributed by atoms with Gasteiger partial charge < -0.3 is 5.32 Å². The maximum Gasteiger partial charge on any atom is 0.211 e. The second-order valence-electron chi connectivity index (χ2n) is 4.15. The predicted octanol–water partition coefficient (Wildman–Crippen LogP) is 0.843. The standard InChI is InChI=1S/C12H21N3O2S/c1-3-15(18(2,16)17)9-5-8-14-11-12-6-4-7-13-10-12/h4,6-7,10,14H,3,5,8-9,11H2,1-2H3. The van der Waals surface area contributed by atoms with Crippen LogP contribution in [0.2, 0.25) is 0 Å². The van der Waals surface area contributed by atoms with Crippen molar-refractivity contribution >= 4 is 10.0 Å². The van der Waals surface area contributed by atoms with Gasteiger partial charge in [-0.15, -0.1) is 0 Å². The van der Waals surface area contributed by atoms with E-state index in [0.717, 1.165) is 25.1 Å². The molecule has 1 N–H and O–H groups in total. The Kier molecular flexibility index (Phi) is 6.24. The van der Waals surface area contributed by atoms with Gasteiger partial charge in [0.05, 0.1) is 6.26 Å². The number of nitrogens with one attached hydrogen (secondary N) is 1. The lowest BCUT2D eigenvalue weighted by molar-refractivity contribution is 0.419. The zero-order valence-electron chi connectivity index (χ0n) is 11.0. The van der Waals surface area contributed by atoms with Crippen LogP contribution in [0, 0.1) is 0 Å². The van der Waals surface area contributed by atoms with Crippen LogP contribution >= 0.6 is 0 Å². The minimum absolute atomic E-state index is 0.529. The highest BCUT2D eigenvalue weighted by atomic mass is 32.2. The van der Waals surface area contributed by atoms with E-state index in [2.05, 4.69) is 10.3 Å². The first kappa shape index (κ1) is 15.1. The van der Waals surface area contributed by atoms with Gasteiger partial charge in [-0.05, 0) is 24.6 Å². The molecule has 18 heavy (non-hydrogen) atoms. The molecule has 1 rings (SSSR count). The van der Waals surface area contributed by atoms with E-state index in [1.807, 2.05) is 25.3 Å². The third-order valence-electron chi connectivity index (χ3n) is 2.63. The highest BCUT2D eigenvalue weighted by molar-refractivity contribution is 7.88. The summed E-state index contributed by atoms with van der Waals surface area (Å²) >= 11 is 0. The number of sulfonamides is 1. The van der Waals surface area contributed by atoms with Crippen molar-refractivity contribution in [2.45, 2.75) is 19.9 Å². The molecule has 0 bridgehead atoms. The summed E-state index contributed by atoms with van der Waals surface area (Å²) in [6.07, 6.45) is 5.62. The van der Waals surface area contributed by atoms with Crippen molar-refractivity contribution < 1.29 is 8.42 Å². The molecule has 0 aliphatic rings. The zero-order valence-corrected chi connectivity index (χ0v) is 11.8. The van der Waals surface area contributed by atoms with Crippen LogP contribution in [0.5, 0.6) is 0 Å². The lowest BCUT2D eigenvalue weighted by atomic mass is 10.3. The van der Waals surface area contributed by atoms with Crippen molar-refractivity contribution in [1.82, 2.24) is 14.6 Å². The lowest BCUT2D eigenvalue weighted by Crippen LogP contribution is -2.32.